The standard InChI is InChI=1S/C35H54O7/c1-21(36)41-20-32(5)25-12-13-34(7)26(35(25,8)28(18-27(32)38)42-22(2)37)11-10-23-24-19-31(4,29(39)40-9)15-14-30(24,3)16-17-33(23,34)6/h10,24-28,38H,11-20H2,1-9H3/t24-,25-,26-,27-,28-,30+,31+,32-,33+,34+,35-/m0/s1. The Balaban J connectivity index is 1.60. The number of esters is 3. The molecule has 11 atom stereocenters. The Hall–Kier alpha value is -1.89. The smallest absolute Gasteiger partial charge is 0.311 e. The molecule has 7 heteroatoms. The van der Waals surface area contributed by atoms with Crippen molar-refractivity contribution in [3.63, 3.8) is 0 Å². The highest BCUT2D eigenvalue weighted by molar-refractivity contribution is 5.76. The third-order valence-electron chi connectivity index (χ3n) is 14.3. The molecule has 0 amide bonds. The van der Waals surface area contributed by atoms with E-state index in [2.05, 4.69) is 47.6 Å². The maximum atomic E-state index is 13.0. The lowest BCUT2D eigenvalue weighted by Crippen LogP contribution is -2.69. The molecule has 1 N–H and O–H groups in total. The zero-order valence-electron chi connectivity index (χ0n) is 27.4. The van der Waals surface area contributed by atoms with Gasteiger partial charge in [0.25, 0.3) is 0 Å². The predicted octanol–water partition coefficient (Wildman–Crippen LogP) is 6.41. The van der Waals surface area contributed by atoms with Gasteiger partial charge in [-0.05, 0) is 92.3 Å². The van der Waals surface area contributed by atoms with Crippen LogP contribution in [0.3, 0.4) is 0 Å². The van der Waals surface area contributed by atoms with E-state index in [0.717, 1.165) is 51.4 Å². The number of hydrogen-bond donors (Lipinski definition) is 1. The number of methoxy groups -OCH3 is 1. The molecule has 0 bridgehead atoms. The summed E-state index contributed by atoms with van der Waals surface area (Å²) in [4.78, 5) is 37.3. The molecule has 5 rings (SSSR count). The Morgan fingerprint density at radius 1 is 0.929 bits per heavy atom. The van der Waals surface area contributed by atoms with Gasteiger partial charge < -0.3 is 19.3 Å². The van der Waals surface area contributed by atoms with Crippen LogP contribution in [0.1, 0.15) is 113 Å². The molecule has 5 aliphatic rings. The molecule has 5 aliphatic carbocycles. The summed E-state index contributed by atoms with van der Waals surface area (Å²) in [5, 5.41) is 11.5. The number of aliphatic hydroxyl groups is 1. The molecular weight excluding hydrogens is 532 g/mol. The lowest BCUT2D eigenvalue weighted by Gasteiger charge is -2.72. The average molecular weight is 587 g/mol. The molecule has 0 saturated heterocycles. The summed E-state index contributed by atoms with van der Waals surface area (Å²) < 4.78 is 17.0. The van der Waals surface area contributed by atoms with Crippen LogP contribution < -0.4 is 0 Å². The number of aliphatic hydroxyl groups excluding tert-OH is 1. The first-order chi connectivity index (χ1) is 19.4. The SMILES string of the molecule is COC(=O)[C@]1(C)CC[C@]2(C)CC[C@]3(C)C(=CC[C@@H]4[C@@]5(C)[C@@H](OC(C)=O)C[C@H](O)[C@@](C)(COC(C)=O)[C@@H]5CC[C@]43C)[C@@H]2C1. The Labute approximate surface area is 252 Å². The highest BCUT2D eigenvalue weighted by atomic mass is 16.5. The Bertz CT molecular complexity index is 1180. The van der Waals surface area contributed by atoms with Crippen LogP contribution in [0.25, 0.3) is 0 Å². The molecular formula is C35H54O7. The fraction of sp³-hybridized carbons (Fsp3) is 0.857. The molecule has 7 nitrogen and oxygen atoms in total. The molecule has 0 aromatic heterocycles. The van der Waals surface area contributed by atoms with Crippen molar-refractivity contribution < 1.29 is 33.7 Å². The van der Waals surface area contributed by atoms with E-state index in [1.807, 2.05) is 0 Å². The summed E-state index contributed by atoms with van der Waals surface area (Å²) in [5.74, 6) is -0.209. The van der Waals surface area contributed by atoms with Gasteiger partial charge in [-0.25, -0.2) is 0 Å². The zero-order valence-corrected chi connectivity index (χ0v) is 27.4. The van der Waals surface area contributed by atoms with E-state index in [1.165, 1.54) is 26.5 Å². The van der Waals surface area contributed by atoms with Crippen LogP contribution in [0.4, 0.5) is 0 Å². The minimum atomic E-state index is -0.748. The molecule has 0 unspecified atom stereocenters. The predicted molar refractivity (Wildman–Crippen MR) is 159 cm³/mol. The minimum Gasteiger partial charge on any atom is -0.469 e. The topological polar surface area (TPSA) is 99.1 Å². The molecule has 236 valence electrons. The maximum absolute atomic E-state index is 13.0. The van der Waals surface area contributed by atoms with Crippen molar-refractivity contribution in [2.45, 2.75) is 125 Å². The number of rotatable bonds is 4. The summed E-state index contributed by atoms with van der Waals surface area (Å²) >= 11 is 0. The van der Waals surface area contributed by atoms with Crippen molar-refractivity contribution in [2.24, 2.45) is 50.2 Å². The van der Waals surface area contributed by atoms with Crippen molar-refractivity contribution in [3.8, 4) is 0 Å². The highest BCUT2D eigenvalue weighted by Gasteiger charge is 2.71. The Kier molecular flexibility index (Phi) is 7.56. The molecule has 0 heterocycles. The summed E-state index contributed by atoms with van der Waals surface area (Å²) in [7, 11) is 1.51. The fourth-order valence-electron chi connectivity index (χ4n) is 11.4. The minimum absolute atomic E-state index is 0.0141. The number of carbonyl (C=O) groups is 3. The maximum Gasteiger partial charge on any atom is 0.311 e. The van der Waals surface area contributed by atoms with Gasteiger partial charge in [-0.1, -0.05) is 46.3 Å². The molecule has 4 fully saturated rings. The van der Waals surface area contributed by atoms with Crippen molar-refractivity contribution in [1.82, 2.24) is 0 Å². The van der Waals surface area contributed by atoms with E-state index >= 15 is 0 Å². The largest absolute Gasteiger partial charge is 0.469 e. The average Bonchev–Trinajstić information content (AvgIpc) is 2.91. The normalized spacial score (nSPS) is 49.7. The van der Waals surface area contributed by atoms with E-state index in [4.69, 9.17) is 14.2 Å². The first kappa shape index (κ1) is 31.5. The van der Waals surface area contributed by atoms with Gasteiger partial charge >= 0.3 is 17.9 Å². The van der Waals surface area contributed by atoms with Crippen LogP contribution in [0.5, 0.6) is 0 Å². The van der Waals surface area contributed by atoms with Crippen molar-refractivity contribution in [1.29, 1.82) is 0 Å². The van der Waals surface area contributed by atoms with Gasteiger partial charge in [-0.15, -0.1) is 0 Å². The number of ether oxygens (including phenoxy) is 3. The van der Waals surface area contributed by atoms with Crippen LogP contribution in [0.15, 0.2) is 11.6 Å². The monoisotopic (exact) mass is 586 g/mol. The lowest BCUT2D eigenvalue weighted by atomic mass is 9.33. The molecule has 0 aromatic rings. The summed E-state index contributed by atoms with van der Waals surface area (Å²) in [5.41, 5.74) is 0.0386. The van der Waals surface area contributed by atoms with Gasteiger partial charge in [-0.3, -0.25) is 14.4 Å². The Morgan fingerprint density at radius 2 is 1.60 bits per heavy atom. The second-order valence-electron chi connectivity index (χ2n) is 16.3. The first-order valence-electron chi connectivity index (χ1n) is 16.2. The second-order valence-corrected chi connectivity index (χ2v) is 16.3. The van der Waals surface area contributed by atoms with Crippen molar-refractivity contribution in [2.75, 3.05) is 13.7 Å². The summed E-state index contributed by atoms with van der Waals surface area (Å²) in [6.07, 6.45) is 9.32. The van der Waals surface area contributed by atoms with E-state index < -0.39 is 28.5 Å². The molecule has 0 radical (unpaired) electrons. The number of fused-ring (bicyclic) bond motifs is 7. The van der Waals surface area contributed by atoms with Gasteiger partial charge in [0.2, 0.25) is 0 Å². The van der Waals surface area contributed by atoms with Gasteiger partial charge in [0.1, 0.15) is 6.10 Å². The molecule has 0 aliphatic heterocycles. The molecule has 4 saturated carbocycles. The summed E-state index contributed by atoms with van der Waals surface area (Å²) in [6, 6.07) is 0. The number of hydrogen-bond acceptors (Lipinski definition) is 7. The van der Waals surface area contributed by atoms with Crippen LogP contribution in [-0.4, -0.2) is 48.9 Å². The van der Waals surface area contributed by atoms with Crippen molar-refractivity contribution in [3.05, 3.63) is 11.6 Å². The zero-order chi connectivity index (χ0) is 31.1. The third-order valence-corrected chi connectivity index (χ3v) is 14.3. The quantitative estimate of drug-likeness (QED) is 0.231. The van der Waals surface area contributed by atoms with Crippen LogP contribution in [-0.2, 0) is 28.6 Å². The third kappa shape index (κ3) is 4.25. The second kappa shape index (κ2) is 10.1. The number of carbonyl (C=O) groups excluding carboxylic acids is 3. The van der Waals surface area contributed by atoms with Gasteiger partial charge in [0.15, 0.2) is 0 Å². The highest BCUT2D eigenvalue weighted by Crippen LogP contribution is 2.76. The van der Waals surface area contributed by atoms with E-state index in [0.29, 0.717) is 12.3 Å². The molecule has 0 spiro atoms. The number of allylic oxidation sites excluding steroid dienone is 2. The first-order valence-corrected chi connectivity index (χ1v) is 16.2. The molecule has 42 heavy (non-hydrogen) atoms. The van der Waals surface area contributed by atoms with Gasteiger partial charge in [0, 0.05) is 31.1 Å². The summed E-state index contributed by atoms with van der Waals surface area (Å²) in [6.45, 7) is 16.8. The van der Waals surface area contributed by atoms with Crippen LogP contribution in [0, 0.1) is 50.2 Å². The van der Waals surface area contributed by atoms with Crippen LogP contribution >= 0.6 is 0 Å². The Morgan fingerprint density at radius 3 is 2.21 bits per heavy atom. The van der Waals surface area contributed by atoms with E-state index in [9.17, 15) is 19.5 Å². The van der Waals surface area contributed by atoms with E-state index in [1.54, 1.807) is 0 Å². The van der Waals surface area contributed by atoms with Gasteiger partial charge in [-0.2, -0.15) is 0 Å². The van der Waals surface area contributed by atoms with Crippen molar-refractivity contribution >= 4 is 17.9 Å². The lowest BCUT2D eigenvalue weighted by molar-refractivity contribution is -0.260. The fourth-order valence-corrected chi connectivity index (χ4v) is 11.4. The van der Waals surface area contributed by atoms with Crippen LogP contribution in [0.2, 0.25) is 0 Å². The van der Waals surface area contributed by atoms with E-state index in [-0.39, 0.29) is 52.6 Å². The molecule has 0 aromatic carbocycles. The van der Waals surface area contributed by atoms with Gasteiger partial charge in [0.05, 0.1) is 25.2 Å².